The van der Waals surface area contributed by atoms with Crippen LogP contribution in [0, 0.1) is 29.1 Å². The predicted molar refractivity (Wildman–Crippen MR) is 73.0 cm³/mol. The van der Waals surface area contributed by atoms with Gasteiger partial charge in [-0.3, -0.25) is 0 Å². The fraction of sp³-hybridized carbons (Fsp3) is 0.0588. The monoisotopic (exact) mass is 308 g/mol. The number of rotatable bonds is 2. The third-order valence-corrected chi connectivity index (χ3v) is 3.55. The second kappa shape index (κ2) is 5.40. The summed E-state index contributed by atoms with van der Waals surface area (Å²) < 4.78 is 67.1. The maximum absolute atomic E-state index is 13.8. The topological polar surface area (TPSA) is 0 Å². The van der Waals surface area contributed by atoms with E-state index in [-0.39, 0.29) is 6.42 Å². The summed E-state index contributed by atoms with van der Waals surface area (Å²) in [4.78, 5) is 0. The summed E-state index contributed by atoms with van der Waals surface area (Å²) >= 11 is 0. The Kier molecular flexibility index (Phi) is 3.56. The van der Waals surface area contributed by atoms with Crippen LogP contribution in [0.25, 0.3) is 10.8 Å². The van der Waals surface area contributed by atoms with Crippen molar-refractivity contribution < 1.29 is 22.0 Å². The lowest BCUT2D eigenvalue weighted by Gasteiger charge is -2.10. The zero-order chi connectivity index (χ0) is 15.9. The lowest BCUT2D eigenvalue weighted by molar-refractivity contribution is 0.371. The van der Waals surface area contributed by atoms with Crippen molar-refractivity contribution in [3.05, 3.63) is 82.7 Å². The van der Waals surface area contributed by atoms with Crippen LogP contribution in [0.3, 0.4) is 0 Å². The maximum atomic E-state index is 13.8. The summed E-state index contributed by atoms with van der Waals surface area (Å²) in [5, 5.41) is 1.53. The van der Waals surface area contributed by atoms with Crippen LogP contribution in [0.15, 0.2) is 42.5 Å². The molecule has 0 saturated heterocycles. The van der Waals surface area contributed by atoms with Gasteiger partial charge in [-0.05, 0) is 16.3 Å². The first-order valence-electron chi connectivity index (χ1n) is 6.47. The van der Waals surface area contributed by atoms with Gasteiger partial charge in [-0.1, -0.05) is 42.5 Å². The molecule has 0 amide bonds. The number of halogens is 5. The van der Waals surface area contributed by atoms with Crippen molar-refractivity contribution in [2.24, 2.45) is 0 Å². The number of fused-ring (bicyclic) bond motifs is 1. The van der Waals surface area contributed by atoms with Crippen LogP contribution in [-0.2, 0) is 6.42 Å². The predicted octanol–water partition coefficient (Wildman–Crippen LogP) is 5.13. The molecule has 3 aromatic carbocycles. The summed E-state index contributed by atoms with van der Waals surface area (Å²) in [5.41, 5.74) is -0.339. The lowest BCUT2D eigenvalue weighted by atomic mass is 9.97. The van der Waals surface area contributed by atoms with Crippen LogP contribution >= 0.6 is 0 Å². The Labute approximate surface area is 122 Å². The van der Waals surface area contributed by atoms with Crippen LogP contribution in [0.2, 0.25) is 0 Å². The molecule has 0 N–H and O–H groups in total. The van der Waals surface area contributed by atoms with Crippen molar-refractivity contribution in [1.82, 2.24) is 0 Å². The Bertz CT molecular complexity index is 836. The SMILES string of the molecule is Fc1c(F)c(F)c(Cc2cccc3ccccc23)c(F)c1F. The first-order valence-corrected chi connectivity index (χ1v) is 6.47. The van der Waals surface area contributed by atoms with E-state index >= 15 is 0 Å². The zero-order valence-electron chi connectivity index (χ0n) is 11.1. The summed E-state index contributed by atoms with van der Waals surface area (Å²) in [7, 11) is 0. The van der Waals surface area contributed by atoms with Crippen molar-refractivity contribution in [1.29, 1.82) is 0 Å². The molecule has 0 aliphatic heterocycles. The quantitative estimate of drug-likeness (QED) is 0.350. The van der Waals surface area contributed by atoms with Crippen LogP contribution in [0.1, 0.15) is 11.1 Å². The fourth-order valence-electron chi connectivity index (χ4n) is 2.44. The van der Waals surface area contributed by atoms with E-state index in [1.54, 1.807) is 42.5 Å². The van der Waals surface area contributed by atoms with Gasteiger partial charge in [0.25, 0.3) is 0 Å². The van der Waals surface area contributed by atoms with Gasteiger partial charge in [-0.25, -0.2) is 22.0 Å². The molecule has 0 atom stereocenters. The van der Waals surface area contributed by atoms with Gasteiger partial charge in [0, 0.05) is 12.0 Å². The molecule has 0 bridgehead atoms. The van der Waals surface area contributed by atoms with E-state index in [1.807, 2.05) is 0 Å². The fourth-order valence-corrected chi connectivity index (χ4v) is 2.44. The summed E-state index contributed by atoms with van der Waals surface area (Å²) in [6, 6.07) is 12.1. The molecule has 3 aromatic rings. The normalized spacial score (nSPS) is 11.1. The molecule has 3 rings (SSSR count). The van der Waals surface area contributed by atoms with Crippen molar-refractivity contribution in [3.8, 4) is 0 Å². The largest absolute Gasteiger partial charge is 0.203 e. The average molecular weight is 308 g/mol. The van der Waals surface area contributed by atoms with Crippen molar-refractivity contribution in [2.45, 2.75) is 6.42 Å². The minimum absolute atomic E-state index is 0.382. The highest BCUT2D eigenvalue weighted by Crippen LogP contribution is 2.27. The molecule has 0 aromatic heterocycles. The van der Waals surface area contributed by atoms with Crippen molar-refractivity contribution >= 4 is 10.8 Å². The minimum Gasteiger partial charge on any atom is -0.203 e. The summed E-state index contributed by atoms with van der Waals surface area (Å²) in [6.07, 6.45) is -0.382. The second-order valence-corrected chi connectivity index (χ2v) is 4.86. The van der Waals surface area contributed by atoms with E-state index in [0.717, 1.165) is 5.39 Å². The Hall–Kier alpha value is -2.43. The van der Waals surface area contributed by atoms with Crippen LogP contribution in [-0.4, -0.2) is 0 Å². The first kappa shape index (κ1) is 14.5. The Morgan fingerprint density at radius 2 is 1.14 bits per heavy atom. The number of hydrogen-bond donors (Lipinski definition) is 0. The first-order chi connectivity index (χ1) is 10.5. The molecule has 0 fully saturated rings. The third-order valence-electron chi connectivity index (χ3n) is 3.55. The van der Waals surface area contributed by atoms with E-state index in [1.165, 1.54) is 0 Å². The smallest absolute Gasteiger partial charge is 0.200 e. The highest BCUT2D eigenvalue weighted by molar-refractivity contribution is 5.85. The zero-order valence-corrected chi connectivity index (χ0v) is 11.1. The molecular formula is C17H9F5. The van der Waals surface area contributed by atoms with Gasteiger partial charge >= 0.3 is 0 Å². The van der Waals surface area contributed by atoms with Gasteiger partial charge in [-0.2, -0.15) is 0 Å². The highest BCUT2D eigenvalue weighted by Gasteiger charge is 2.25. The summed E-state index contributed by atoms with van der Waals surface area (Å²) in [5.74, 6) is -9.56. The molecule has 0 heterocycles. The third kappa shape index (κ3) is 2.22. The molecule has 0 aliphatic rings. The minimum atomic E-state index is -2.14. The van der Waals surface area contributed by atoms with Crippen LogP contribution in [0.4, 0.5) is 22.0 Å². The summed E-state index contributed by atoms with van der Waals surface area (Å²) in [6.45, 7) is 0. The molecule has 0 saturated carbocycles. The highest BCUT2D eigenvalue weighted by atomic mass is 19.2. The van der Waals surface area contributed by atoms with E-state index in [9.17, 15) is 22.0 Å². The lowest BCUT2D eigenvalue weighted by Crippen LogP contribution is -2.07. The molecule has 0 unspecified atom stereocenters. The number of hydrogen-bond acceptors (Lipinski definition) is 0. The van der Waals surface area contributed by atoms with E-state index in [0.29, 0.717) is 10.9 Å². The van der Waals surface area contributed by atoms with E-state index < -0.39 is 34.6 Å². The standard InChI is InChI=1S/C17H9F5/c18-13-12(14(19)16(21)17(22)15(13)20)8-10-6-3-5-9-4-1-2-7-11(9)10/h1-7H,8H2. The molecule has 0 nitrogen and oxygen atoms in total. The molecule has 0 radical (unpaired) electrons. The Morgan fingerprint density at radius 3 is 1.82 bits per heavy atom. The van der Waals surface area contributed by atoms with Crippen molar-refractivity contribution in [2.75, 3.05) is 0 Å². The van der Waals surface area contributed by atoms with E-state index in [2.05, 4.69) is 0 Å². The van der Waals surface area contributed by atoms with Gasteiger partial charge in [0.05, 0.1) is 0 Å². The van der Waals surface area contributed by atoms with Gasteiger partial charge in [0.1, 0.15) is 0 Å². The van der Waals surface area contributed by atoms with E-state index in [4.69, 9.17) is 0 Å². The molecule has 112 valence electrons. The van der Waals surface area contributed by atoms with Gasteiger partial charge in [0.2, 0.25) is 5.82 Å². The van der Waals surface area contributed by atoms with Gasteiger partial charge in [0.15, 0.2) is 23.3 Å². The average Bonchev–Trinajstić information content (AvgIpc) is 2.55. The second-order valence-electron chi connectivity index (χ2n) is 4.86. The molecule has 22 heavy (non-hydrogen) atoms. The van der Waals surface area contributed by atoms with Crippen LogP contribution < -0.4 is 0 Å². The molecule has 0 spiro atoms. The molecule has 0 aliphatic carbocycles. The molecule has 5 heteroatoms. The Balaban J connectivity index is 2.18. The molecular weight excluding hydrogens is 299 g/mol. The van der Waals surface area contributed by atoms with Crippen LogP contribution in [0.5, 0.6) is 0 Å². The van der Waals surface area contributed by atoms with Crippen molar-refractivity contribution in [3.63, 3.8) is 0 Å². The van der Waals surface area contributed by atoms with Gasteiger partial charge in [-0.15, -0.1) is 0 Å². The Morgan fingerprint density at radius 1 is 0.591 bits per heavy atom. The maximum Gasteiger partial charge on any atom is 0.200 e. The number of benzene rings is 3. The van der Waals surface area contributed by atoms with Gasteiger partial charge < -0.3 is 0 Å².